The predicted molar refractivity (Wildman–Crippen MR) is 105 cm³/mol. The summed E-state index contributed by atoms with van der Waals surface area (Å²) in [5.41, 5.74) is 0.382. The molecule has 0 spiro atoms. The van der Waals surface area contributed by atoms with Crippen LogP contribution in [0.5, 0.6) is 0 Å². The first kappa shape index (κ1) is 20.5. The van der Waals surface area contributed by atoms with E-state index in [2.05, 4.69) is 0 Å². The second-order valence-electron chi connectivity index (χ2n) is 7.25. The van der Waals surface area contributed by atoms with E-state index in [0.29, 0.717) is 16.6 Å². The number of allylic oxidation sites excluding steroid dienone is 1. The lowest BCUT2D eigenvalue weighted by Crippen LogP contribution is -2.38. The number of thioether (sulfide) groups is 1. The maximum Gasteiger partial charge on any atom is 0.242 e. The summed E-state index contributed by atoms with van der Waals surface area (Å²) in [5, 5.41) is 1.15. The maximum atomic E-state index is 12.5. The van der Waals surface area contributed by atoms with Crippen LogP contribution >= 0.6 is 23.4 Å². The van der Waals surface area contributed by atoms with Crippen LogP contribution in [0.3, 0.4) is 0 Å². The van der Waals surface area contributed by atoms with E-state index < -0.39 is 5.41 Å². The van der Waals surface area contributed by atoms with Gasteiger partial charge in [-0.25, -0.2) is 0 Å². The standard InChI is InChI=1S/C19H23ClN2O3S/c1-19(2,3)15(23)9-18-22(17(25)12-26-18)11-16(24)21(4)10-13-6-5-7-14(20)8-13/h5-9H,10-12H2,1-4H3. The highest BCUT2D eigenvalue weighted by Crippen LogP contribution is 2.30. The van der Waals surface area contributed by atoms with Gasteiger partial charge in [0, 0.05) is 30.1 Å². The third-order valence-corrected chi connectivity index (χ3v) is 5.19. The number of nitrogens with zero attached hydrogens (tertiary/aromatic N) is 2. The van der Waals surface area contributed by atoms with E-state index in [1.807, 2.05) is 32.9 Å². The normalized spacial score (nSPS) is 16.3. The monoisotopic (exact) mass is 394 g/mol. The smallest absolute Gasteiger partial charge is 0.242 e. The number of hydrogen-bond donors (Lipinski definition) is 0. The zero-order valence-electron chi connectivity index (χ0n) is 15.4. The molecule has 1 fully saturated rings. The number of carbonyl (C=O) groups is 3. The molecule has 0 unspecified atom stereocenters. The molecule has 1 aromatic carbocycles. The Balaban J connectivity index is 2.06. The number of ketones is 1. The summed E-state index contributed by atoms with van der Waals surface area (Å²) < 4.78 is 0. The van der Waals surface area contributed by atoms with E-state index in [9.17, 15) is 14.4 Å². The number of hydrogen-bond acceptors (Lipinski definition) is 4. The van der Waals surface area contributed by atoms with Crippen LogP contribution in [0.4, 0.5) is 0 Å². The van der Waals surface area contributed by atoms with E-state index in [0.717, 1.165) is 5.56 Å². The highest BCUT2D eigenvalue weighted by Gasteiger charge is 2.31. The number of benzene rings is 1. The van der Waals surface area contributed by atoms with Crippen LogP contribution in [0.2, 0.25) is 5.02 Å². The summed E-state index contributed by atoms with van der Waals surface area (Å²) in [6.45, 7) is 5.78. The van der Waals surface area contributed by atoms with Gasteiger partial charge < -0.3 is 4.90 Å². The Kier molecular flexibility index (Phi) is 6.53. The molecule has 140 valence electrons. The lowest BCUT2D eigenvalue weighted by atomic mass is 9.91. The Morgan fingerprint density at radius 1 is 1.35 bits per heavy atom. The summed E-state index contributed by atoms with van der Waals surface area (Å²) in [6, 6.07) is 7.29. The molecule has 1 aliphatic heterocycles. The average molecular weight is 395 g/mol. The van der Waals surface area contributed by atoms with Crippen LogP contribution in [0.25, 0.3) is 0 Å². The lowest BCUT2D eigenvalue weighted by molar-refractivity contribution is -0.136. The van der Waals surface area contributed by atoms with Gasteiger partial charge in [-0.05, 0) is 17.7 Å². The van der Waals surface area contributed by atoms with Gasteiger partial charge in [0.05, 0.1) is 10.8 Å². The fourth-order valence-electron chi connectivity index (χ4n) is 2.28. The molecule has 1 saturated heterocycles. The van der Waals surface area contributed by atoms with Crippen molar-refractivity contribution in [1.29, 1.82) is 0 Å². The molecule has 2 rings (SSSR count). The van der Waals surface area contributed by atoms with Crippen molar-refractivity contribution in [3.63, 3.8) is 0 Å². The van der Waals surface area contributed by atoms with E-state index >= 15 is 0 Å². The Labute approximate surface area is 163 Å². The number of carbonyl (C=O) groups excluding carboxylic acids is 3. The molecule has 0 aromatic heterocycles. The molecule has 0 aliphatic carbocycles. The second kappa shape index (κ2) is 8.27. The molecule has 26 heavy (non-hydrogen) atoms. The van der Waals surface area contributed by atoms with Gasteiger partial charge in [0.25, 0.3) is 0 Å². The first-order valence-electron chi connectivity index (χ1n) is 8.25. The Morgan fingerprint density at radius 3 is 2.65 bits per heavy atom. The van der Waals surface area contributed by atoms with Crippen molar-refractivity contribution in [2.24, 2.45) is 5.41 Å². The molecular weight excluding hydrogens is 372 g/mol. The lowest BCUT2D eigenvalue weighted by Gasteiger charge is -2.23. The highest BCUT2D eigenvalue weighted by atomic mass is 35.5. The SMILES string of the molecule is CN(Cc1cccc(Cl)c1)C(=O)CN1C(=O)CSC1=CC(=O)C(C)(C)C. The van der Waals surface area contributed by atoms with E-state index in [-0.39, 0.29) is 29.9 Å². The Bertz CT molecular complexity index is 755. The van der Waals surface area contributed by atoms with Crippen molar-refractivity contribution >= 4 is 41.0 Å². The van der Waals surface area contributed by atoms with Crippen molar-refractivity contribution in [1.82, 2.24) is 9.80 Å². The third kappa shape index (κ3) is 5.35. The number of likely N-dealkylation sites (N-methyl/N-ethyl adjacent to an activating group) is 1. The highest BCUT2D eigenvalue weighted by molar-refractivity contribution is 8.04. The Hall–Kier alpha value is -1.79. The maximum absolute atomic E-state index is 12.5. The van der Waals surface area contributed by atoms with Crippen LogP contribution in [0.1, 0.15) is 26.3 Å². The zero-order chi connectivity index (χ0) is 19.5. The molecule has 1 heterocycles. The molecule has 0 radical (unpaired) electrons. The van der Waals surface area contributed by atoms with Gasteiger partial charge in [-0.15, -0.1) is 0 Å². The van der Waals surface area contributed by atoms with Gasteiger partial charge in [0.2, 0.25) is 11.8 Å². The topological polar surface area (TPSA) is 57.7 Å². The van der Waals surface area contributed by atoms with Crippen molar-refractivity contribution in [2.45, 2.75) is 27.3 Å². The third-order valence-electron chi connectivity index (χ3n) is 3.93. The molecule has 5 nitrogen and oxygen atoms in total. The predicted octanol–water partition coefficient (Wildman–Crippen LogP) is 3.33. The zero-order valence-corrected chi connectivity index (χ0v) is 17.0. The van der Waals surface area contributed by atoms with Gasteiger partial charge in [0.1, 0.15) is 6.54 Å². The first-order valence-corrected chi connectivity index (χ1v) is 9.62. The van der Waals surface area contributed by atoms with Gasteiger partial charge in [-0.3, -0.25) is 19.3 Å². The van der Waals surface area contributed by atoms with Gasteiger partial charge in [-0.2, -0.15) is 0 Å². The summed E-state index contributed by atoms with van der Waals surface area (Å²) >= 11 is 7.26. The molecule has 0 saturated carbocycles. The number of halogens is 1. The van der Waals surface area contributed by atoms with E-state index in [1.54, 1.807) is 24.1 Å². The summed E-state index contributed by atoms with van der Waals surface area (Å²) in [4.78, 5) is 39.9. The van der Waals surface area contributed by atoms with Gasteiger partial charge >= 0.3 is 0 Å². The minimum Gasteiger partial charge on any atom is -0.340 e. The molecule has 0 atom stereocenters. The minimum absolute atomic E-state index is 0.0700. The minimum atomic E-state index is -0.530. The number of amides is 2. The van der Waals surface area contributed by atoms with Crippen molar-refractivity contribution in [2.75, 3.05) is 19.3 Å². The molecule has 2 amide bonds. The molecule has 1 aliphatic rings. The fourth-order valence-corrected chi connectivity index (χ4v) is 3.43. The average Bonchev–Trinajstić information content (AvgIpc) is 2.87. The van der Waals surface area contributed by atoms with E-state index in [4.69, 9.17) is 11.6 Å². The van der Waals surface area contributed by atoms with Crippen molar-refractivity contribution in [3.05, 3.63) is 46.0 Å². The van der Waals surface area contributed by atoms with E-state index in [1.165, 1.54) is 22.7 Å². The quantitative estimate of drug-likeness (QED) is 0.719. The molecule has 7 heteroatoms. The molecular formula is C19H23ClN2O3S. The van der Waals surface area contributed by atoms with Gasteiger partial charge in [0.15, 0.2) is 5.78 Å². The summed E-state index contributed by atoms with van der Waals surface area (Å²) in [5.74, 6) is -0.184. The molecule has 0 N–H and O–H groups in total. The van der Waals surface area contributed by atoms with Crippen LogP contribution in [0, 0.1) is 5.41 Å². The summed E-state index contributed by atoms with van der Waals surface area (Å²) in [6.07, 6.45) is 1.47. The van der Waals surface area contributed by atoms with Crippen LogP contribution in [0.15, 0.2) is 35.4 Å². The number of rotatable bonds is 5. The first-order chi connectivity index (χ1) is 12.1. The van der Waals surface area contributed by atoms with Crippen molar-refractivity contribution in [3.8, 4) is 0 Å². The van der Waals surface area contributed by atoms with Crippen LogP contribution in [-0.4, -0.2) is 46.7 Å². The molecule has 1 aromatic rings. The van der Waals surface area contributed by atoms with Crippen LogP contribution < -0.4 is 0 Å². The largest absolute Gasteiger partial charge is 0.340 e. The van der Waals surface area contributed by atoms with Gasteiger partial charge in [-0.1, -0.05) is 56.3 Å². The van der Waals surface area contributed by atoms with Crippen LogP contribution in [-0.2, 0) is 20.9 Å². The fraction of sp³-hybridized carbons (Fsp3) is 0.421. The molecule has 0 bridgehead atoms. The Morgan fingerprint density at radius 2 is 2.04 bits per heavy atom. The second-order valence-corrected chi connectivity index (χ2v) is 8.68. The summed E-state index contributed by atoms with van der Waals surface area (Å²) in [7, 11) is 1.68. The van der Waals surface area contributed by atoms with Crippen molar-refractivity contribution < 1.29 is 14.4 Å².